The van der Waals surface area contributed by atoms with Gasteiger partial charge >= 0.3 is 0 Å². The van der Waals surface area contributed by atoms with Crippen LogP contribution in [-0.2, 0) is 0 Å². The van der Waals surface area contributed by atoms with Gasteiger partial charge in [0.15, 0.2) is 5.78 Å². The van der Waals surface area contributed by atoms with Crippen molar-refractivity contribution in [1.82, 2.24) is 4.98 Å². The summed E-state index contributed by atoms with van der Waals surface area (Å²) >= 11 is 6.06. The van der Waals surface area contributed by atoms with E-state index in [0.29, 0.717) is 5.02 Å². The number of H-pyrrole nitrogens is 1. The highest BCUT2D eigenvalue weighted by atomic mass is 35.5. The third kappa shape index (κ3) is 1.37. The fourth-order valence-electron chi connectivity index (χ4n) is 2.21. The molecule has 1 aromatic carbocycles. The summed E-state index contributed by atoms with van der Waals surface area (Å²) in [5, 5.41) is 1.62. The standard InChI is InChI=1S/C13H12ClNO/c14-11-6-2-5-9-10(7-15-12(9)11)13(16)8-3-1-4-8/h2,5-8,15H,1,3-4H2. The van der Waals surface area contributed by atoms with Gasteiger partial charge in [-0.15, -0.1) is 0 Å². The lowest BCUT2D eigenvalue weighted by Crippen LogP contribution is -2.21. The average Bonchev–Trinajstić information content (AvgIpc) is 2.59. The molecule has 82 valence electrons. The largest absolute Gasteiger partial charge is 0.359 e. The second-order valence-electron chi connectivity index (χ2n) is 4.36. The molecule has 1 aliphatic rings. The van der Waals surface area contributed by atoms with Crippen LogP contribution in [0.3, 0.4) is 0 Å². The molecule has 2 aromatic rings. The molecule has 3 heteroatoms. The topological polar surface area (TPSA) is 32.9 Å². The fraction of sp³-hybridized carbons (Fsp3) is 0.308. The van der Waals surface area contributed by atoms with Gasteiger partial charge in [0.25, 0.3) is 0 Å². The number of aromatic amines is 1. The number of nitrogens with one attached hydrogen (secondary N) is 1. The van der Waals surface area contributed by atoms with Crippen LogP contribution < -0.4 is 0 Å². The zero-order valence-corrected chi connectivity index (χ0v) is 9.55. The zero-order valence-electron chi connectivity index (χ0n) is 8.79. The Morgan fingerprint density at radius 1 is 1.38 bits per heavy atom. The van der Waals surface area contributed by atoms with Crippen molar-refractivity contribution in [1.29, 1.82) is 0 Å². The van der Waals surface area contributed by atoms with Crippen molar-refractivity contribution in [3.05, 3.63) is 35.0 Å². The van der Waals surface area contributed by atoms with Crippen LogP contribution in [0.1, 0.15) is 29.6 Å². The highest BCUT2D eigenvalue weighted by Crippen LogP contribution is 2.33. The normalized spacial score (nSPS) is 16.3. The van der Waals surface area contributed by atoms with Crippen LogP contribution in [0, 0.1) is 5.92 Å². The molecule has 3 rings (SSSR count). The van der Waals surface area contributed by atoms with Gasteiger partial charge in [-0.1, -0.05) is 30.2 Å². The number of rotatable bonds is 2. The second kappa shape index (κ2) is 3.63. The van der Waals surface area contributed by atoms with Crippen LogP contribution in [0.4, 0.5) is 0 Å². The van der Waals surface area contributed by atoms with E-state index in [0.717, 1.165) is 29.3 Å². The molecule has 1 aromatic heterocycles. The van der Waals surface area contributed by atoms with Gasteiger partial charge in [0, 0.05) is 23.1 Å². The number of ketones is 1. The van der Waals surface area contributed by atoms with E-state index >= 15 is 0 Å². The Balaban J connectivity index is 2.10. The van der Waals surface area contributed by atoms with Crippen LogP contribution in [0.25, 0.3) is 10.9 Å². The summed E-state index contributed by atoms with van der Waals surface area (Å²) in [5.41, 5.74) is 1.66. The third-order valence-electron chi connectivity index (χ3n) is 3.41. The maximum absolute atomic E-state index is 12.2. The average molecular weight is 234 g/mol. The lowest BCUT2D eigenvalue weighted by atomic mass is 9.80. The number of fused-ring (bicyclic) bond motifs is 1. The molecule has 0 amide bonds. The summed E-state index contributed by atoms with van der Waals surface area (Å²) in [5.74, 6) is 0.498. The van der Waals surface area contributed by atoms with Crippen molar-refractivity contribution in [2.24, 2.45) is 5.92 Å². The monoisotopic (exact) mass is 233 g/mol. The number of hydrogen-bond acceptors (Lipinski definition) is 1. The first-order valence-corrected chi connectivity index (χ1v) is 5.95. The van der Waals surface area contributed by atoms with Crippen molar-refractivity contribution < 1.29 is 4.79 Å². The molecule has 1 fully saturated rings. The van der Waals surface area contributed by atoms with E-state index in [1.54, 1.807) is 6.20 Å². The van der Waals surface area contributed by atoms with Crippen molar-refractivity contribution in [2.45, 2.75) is 19.3 Å². The van der Waals surface area contributed by atoms with Crippen LogP contribution >= 0.6 is 11.6 Å². The van der Waals surface area contributed by atoms with E-state index in [4.69, 9.17) is 11.6 Å². The summed E-state index contributed by atoms with van der Waals surface area (Å²) in [7, 11) is 0. The maximum Gasteiger partial charge on any atom is 0.168 e. The quantitative estimate of drug-likeness (QED) is 0.787. The van der Waals surface area contributed by atoms with Crippen molar-refractivity contribution in [3.63, 3.8) is 0 Å². The lowest BCUT2D eigenvalue weighted by molar-refractivity contribution is 0.0857. The number of hydrogen-bond donors (Lipinski definition) is 1. The molecular weight excluding hydrogens is 222 g/mol. The molecule has 0 aliphatic heterocycles. The predicted molar refractivity (Wildman–Crippen MR) is 65.0 cm³/mol. The van der Waals surface area contributed by atoms with Gasteiger partial charge in [-0.05, 0) is 18.9 Å². The number of carbonyl (C=O) groups excluding carboxylic acids is 1. The van der Waals surface area contributed by atoms with E-state index < -0.39 is 0 Å². The van der Waals surface area contributed by atoms with Gasteiger partial charge in [-0.25, -0.2) is 0 Å². The van der Waals surface area contributed by atoms with Gasteiger partial charge in [-0.2, -0.15) is 0 Å². The Bertz CT molecular complexity index is 554. The van der Waals surface area contributed by atoms with E-state index in [1.807, 2.05) is 18.2 Å². The van der Waals surface area contributed by atoms with Crippen LogP contribution in [0.5, 0.6) is 0 Å². The van der Waals surface area contributed by atoms with Gasteiger partial charge in [0.05, 0.1) is 10.5 Å². The molecule has 1 saturated carbocycles. The molecule has 0 radical (unpaired) electrons. The molecule has 0 bridgehead atoms. The first-order chi connectivity index (χ1) is 7.77. The van der Waals surface area contributed by atoms with Gasteiger partial charge in [0.2, 0.25) is 0 Å². The lowest BCUT2D eigenvalue weighted by Gasteiger charge is -2.23. The molecule has 1 N–H and O–H groups in total. The minimum absolute atomic E-state index is 0.234. The summed E-state index contributed by atoms with van der Waals surface area (Å²) in [4.78, 5) is 15.2. The molecule has 0 atom stereocenters. The van der Waals surface area contributed by atoms with E-state index in [9.17, 15) is 4.79 Å². The minimum Gasteiger partial charge on any atom is -0.359 e. The van der Waals surface area contributed by atoms with Gasteiger partial charge in [-0.3, -0.25) is 4.79 Å². The van der Waals surface area contributed by atoms with Crippen molar-refractivity contribution >= 4 is 28.3 Å². The van der Waals surface area contributed by atoms with Crippen LogP contribution in [0.2, 0.25) is 5.02 Å². The maximum atomic E-state index is 12.2. The molecule has 1 heterocycles. The number of carbonyl (C=O) groups is 1. The summed E-state index contributed by atoms with van der Waals surface area (Å²) < 4.78 is 0. The van der Waals surface area contributed by atoms with Crippen molar-refractivity contribution in [2.75, 3.05) is 0 Å². The van der Waals surface area contributed by atoms with Gasteiger partial charge < -0.3 is 4.98 Å². The summed E-state index contributed by atoms with van der Waals surface area (Å²) in [6.45, 7) is 0. The highest BCUT2D eigenvalue weighted by molar-refractivity contribution is 6.35. The molecular formula is C13H12ClNO. The zero-order chi connectivity index (χ0) is 11.1. The Kier molecular flexibility index (Phi) is 2.25. The van der Waals surface area contributed by atoms with Gasteiger partial charge in [0.1, 0.15) is 0 Å². The smallest absolute Gasteiger partial charge is 0.168 e. The Morgan fingerprint density at radius 3 is 2.88 bits per heavy atom. The number of halogens is 1. The van der Waals surface area contributed by atoms with E-state index in [1.165, 1.54) is 6.42 Å². The highest BCUT2D eigenvalue weighted by Gasteiger charge is 2.27. The molecule has 0 spiro atoms. The predicted octanol–water partition coefficient (Wildman–Crippen LogP) is 3.80. The number of aromatic nitrogens is 1. The molecule has 16 heavy (non-hydrogen) atoms. The molecule has 0 unspecified atom stereocenters. The SMILES string of the molecule is O=C(c1c[nH]c2c(Cl)cccc12)C1CCC1. The number of benzene rings is 1. The summed E-state index contributed by atoms with van der Waals surface area (Å²) in [6.07, 6.45) is 5.04. The van der Waals surface area contributed by atoms with E-state index in [2.05, 4.69) is 4.98 Å². The fourth-order valence-corrected chi connectivity index (χ4v) is 2.44. The van der Waals surface area contributed by atoms with Crippen LogP contribution in [0.15, 0.2) is 24.4 Å². The number of Topliss-reactive ketones (excluding diaryl/α,β-unsaturated/α-hetero) is 1. The Hall–Kier alpha value is -1.28. The van der Waals surface area contributed by atoms with Crippen molar-refractivity contribution in [3.8, 4) is 0 Å². The van der Waals surface area contributed by atoms with E-state index in [-0.39, 0.29) is 11.7 Å². The molecule has 2 nitrogen and oxygen atoms in total. The first kappa shape index (κ1) is 9.91. The first-order valence-electron chi connectivity index (χ1n) is 5.57. The number of para-hydroxylation sites is 1. The second-order valence-corrected chi connectivity index (χ2v) is 4.76. The molecule has 1 aliphatic carbocycles. The summed E-state index contributed by atoms with van der Waals surface area (Å²) in [6, 6.07) is 5.66. The minimum atomic E-state index is 0.234. The van der Waals surface area contributed by atoms with Crippen LogP contribution in [-0.4, -0.2) is 10.8 Å². The molecule has 0 saturated heterocycles. The Morgan fingerprint density at radius 2 is 2.19 bits per heavy atom. The Labute approximate surface area is 98.6 Å². The third-order valence-corrected chi connectivity index (χ3v) is 3.72.